The Morgan fingerprint density at radius 2 is 2.41 bits per heavy atom. The van der Waals surface area contributed by atoms with Crippen molar-refractivity contribution in [1.82, 2.24) is 15.2 Å². The lowest BCUT2D eigenvalue weighted by Gasteiger charge is -2.33. The van der Waals surface area contributed by atoms with Crippen molar-refractivity contribution in [2.24, 2.45) is 0 Å². The summed E-state index contributed by atoms with van der Waals surface area (Å²) in [7, 11) is 0. The van der Waals surface area contributed by atoms with E-state index in [2.05, 4.69) is 27.5 Å². The largest absolute Gasteiger partial charge is 0.350 e. The van der Waals surface area contributed by atoms with Gasteiger partial charge in [0.25, 0.3) is 5.91 Å². The van der Waals surface area contributed by atoms with Crippen LogP contribution in [0.1, 0.15) is 35.9 Å². The molecule has 1 N–H and O–H groups in total. The van der Waals surface area contributed by atoms with Crippen molar-refractivity contribution in [2.75, 3.05) is 19.6 Å². The third kappa shape index (κ3) is 3.74. The van der Waals surface area contributed by atoms with Gasteiger partial charge in [0, 0.05) is 30.1 Å². The zero-order valence-corrected chi connectivity index (χ0v) is 14.4. The number of amides is 1. The maximum absolute atomic E-state index is 12.2. The summed E-state index contributed by atoms with van der Waals surface area (Å²) < 4.78 is 0. The molecule has 0 unspecified atom stereocenters. The molecule has 0 spiro atoms. The van der Waals surface area contributed by atoms with Crippen LogP contribution in [0.15, 0.2) is 23.0 Å². The number of thiazole rings is 1. The number of nitrogens with one attached hydrogen (secondary N) is 1. The summed E-state index contributed by atoms with van der Waals surface area (Å²) in [5.41, 5.74) is 1.09. The maximum atomic E-state index is 12.2. The molecule has 1 aliphatic heterocycles. The number of carbonyl (C=O) groups is 1. The number of likely N-dealkylation sites (tertiary alicyclic amines) is 1. The third-order valence-electron chi connectivity index (χ3n) is 4.12. The first kappa shape index (κ1) is 15.6. The van der Waals surface area contributed by atoms with Gasteiger partial charge >= 0.3 is 0 Å². The van der Waals surface area contributed by atoms with Crippen LogP contribution in [0.3, 0.4) is 0 Å². The van der Waals surface area contributed by atoms with E-state index >= 15 is 0 Å². The lowest BCUT2D eigenvalue weighted by atomic mass is 10.0. The molecule has 3 heterocycles. The smallest absolute Gasteiger partial charge is 0.263 e. The number of hydrogen-bond acceptors (Lipinski definition) is 5. The summed E-state index contributed by atoms with van der Waals surface area (Å²) in [6.45, 7) is 5.06. The van der Waals surface area contributed by atoms with Crippen molar-refractivity contribution in [3.8, 4) is 10.6 Å². The first-order chi connectivity index (χ1) is 10.7. The van der Waals surface area contributed by atoms with Crippen LogP contribution in [0.2, 0.25) is 0 Å². The van der Waals surface area contributed by atoms with Crippen LogP contribution in [0, 0.1) is 0 Å². The minimum Gasteiger partial charge on any atom is -0.350 e. The van der Waals surface area contributed by atoms with Crippen LogP contribution < -0.4 is 5.32 Å². The van der Waals surface area contributed by atoms with Crippen molar-refractivity contribution >= 4 is 28.6 Å². The molecule has 118 valence electrons. The summed E-state index contributed by atoms with van der Waals surface area (Å²) >= 11 is 3.10. The molecule has 1 atom stereocenters. The molecular formula is C16H21N3OS2. The number of thiophene rings is 1. The second-order valence-corrected chi connectivity index (χ2v) is 7.49. The second-order valence-electron chi connectivity index (χ2n) is 5.68. The third-order valence-corrected chi connectivity index (χ3v) is 5.85. The highest BCUT2D eigenvalue weighted by atomic mass is 32.1. The molecule has 2 aromatic heterocycles. The molecule has 0 aromatic carbocycles. The fourth-order valence-electron chi connectivity index (χ4n) is 2.79. The van der Waals surface area contributed by atoms with Crippen LogP contribution >= 0.6 is 22.7 Å². The standard InChI is InChI=1S/C16H21N3OS2/c1-12-4-2-3-7-19(12)8-6-17-15(20)14-10-18-16(22-14)13-5-9-21-11-13/h5,9-12H,2-4,6-8H2,1H3,(H,17,20)/t12-/m0/s1. The molecule has 0 bridgehead atoms. The molecule has 22 heavy (non-hydrogen) atoms. The highest BCUT2D eigenvalue weighted by Crippen LogP contribution is 2.26. The average molecular weight is 335 g/mol. The van der Waals surface area contributed by atoms with E-state index in [1.807, 2.05) is 11.4 Å². The van der Waals surface area contributed by atoms with Gasteiger partial charge in [0.15, 0.2) is 0 Å². The van der Waals surface area contributed by atoms with Crippen LogP contribution in [-0.2, 0) is 0 Å². The molecule has 4 nitrogen and oxygen atoms in total. The maximum Gasteiger partial charge on any atom is 0.263 e. The molecule has 0 aliphatic carbocycles. The number of piperidine rings is 1. The second kappa shape index (κ2) is 7.35. The van der Waals surface area contributed by atoms with Crippen LogP contribution in [0.25, 0.3) is 10.6 Å². The Morgan fingerprint density at radius 3 is 3.18 bits per heavy atom. The Balaban J connectivity index is 1.50. The van der Waals surface area contributed by atoms with Gasteiger partial charge in [0.1, 0.15) is 9.88 Å². The minimum absolute atomic E-state index is 0.0105. The summed E-state index contributed by atoms with van der Waals surface area (Å²) in [6.07, 6.45) is 5.55. The molecule has 3 rings (SSSR count). The van der Waals surface area contributed by atoms with E-state index in [1.54, 1.807) is 17.5 Å². The lowest BCUT2D eigenvalue weighted by molar-refractivity contribution is 0.0942. The van der Waals surface area contributed by atoms with E-state index in [0.29, 0.717) is 17.5 Å². The average Bonchev–Trinajstić information content (AvgIpc) is 3.20. The number of rotatable bonds is 5. The van der Waals surface area contributed by atoms with E-state index in [4.69, 9.17) is 0 Å². The van der Waals surface area contributed by atoms with E-state index in [0.717, 1.165) is 23.7 Å². The fourth-order valence-corrected chi connectivity index (χ4v) is 4.33. The van der Waals surface area contributed by atoms with Crippen molar-refractivity contribution < 1.29 is 4.79 Å². The van der Waals surface area contributed by atoms with Gasteiger partial charge in [0.05, 0.1) is 6.20 Å². The molecule has 0 saturated carbocycles. The monoisotopic (exact) mass is 335 g/mol. The molecule has 1 aliphatic rings. The van der Waals surface area contributed by atoms with E-state index < -0.39 is 0 Å². The van der Waals surface area contributed by atoms with Crippen LogP contribution in [0.5, 0.6) is 0 Å². The first-order valence-electron chi connectivity index (χ1n) is 7.74. The van der Waals surface area contributed by atoms with Gasteiger partial charge in [-0.3, -0.25) is 9.69 Å². The molecular weight excluding hydrogens is 314 g/mol. The zero-order chi connectivity index (χ0) is 15.4. The van der Waals surface area contributed by atoms with Crippen molar-refractivity contribution in [1.29, 1.82) is 0 Å². The highest BCUT2D eigenvalue weighted by molar-refractivity contribution is 7.17. The van der Waals surface area contributed by atoms with Crippen molar-refractivity contribution in [3.63, 3.8) is 0 Å². The Hall–Kier alpha value is -1.24. The first-order valence-corrected chi connectivity index (χ1v) is 9.50. The predicted octanol–water partition coefficient (Wildman–Crippen LogP) is 3.48. The normalized spacial score (nSPS) is 19.2. The summed E-state index contributed by atoms with van der Waals surface area (Å²) in [5.74, 6) is -0.0105. The van der Waals surface area contributed by atoms with Crippen LogP contribution in [0.4, 0.5) is 0 Å². The quantitative estimate of drug-likeness (QED) is 0.910. The van der Waals surface area contributed by atoms with Crippen molar-refractivity contribution in [3.05, 3.63) is 27.9 Å². The Morgan fingerprint density at radius 1 is 1.50 bits per heavy atom. The molecule has 2 aromatic rings. The summed E-state index contributed by atoms with van der Waals surface area (Å²) in [4.78, 5) is 19.7. The number of aromatic nitrogens is 1. The van der Waals surface area contributed by atoms with Gasteiger partial charge < -0.3 is 5.32 Å². The van der Waals surface area contributed by atoms with Gasteiger partial charge in [-0.15, -0.1) is 11.3 Å². The van der Waals surface area contributed by atoms with Crippen molar-refractivity contribution in [2.45, 2.75) is 32.2 Å². The minimum atomic E-state index is -0.0105. The summed E-state index contributed by atoms with van der Waals surface area (Å²) in [6, 6.07) is 2.67. The number of nitrogens with zero attached hydrogens (tertiary/aromatic N) is 2. The Bertz CT molecular complexity index is 609. The molecule has 1 saturated heterocycles. The Labute approximate surface area is 139 Å². The molecule has 1 fully saturated rings. The van der Waals surface area contributed by atoms with Gasteiger partial charge in [-0.05, 0) is 37.8 Å². The van der Waals surface area contributed by atoms with Gasteiger partial charge in [0.2, 0.25) is 0 Å². The SMILES string of the molecule is C[C@H]1CCCCN1CCNC(=O)c1cnc(-c2ccsc2)s1. The van der Waals surface area contributed by atoms with E-state index in [9.17, 15) is 4.79 Å². The molecule has 6 heteroatoms. The van der Waals surface area contributed by atoms with Gasteiger partial charge in [-0.1, -0.05) is 6.42 Å². The lowest BCUT2D eigenvalue weighted by Crippen LogP contribution is -2.42. The fraction of sp³-hybridized carbons (Fsp3) is 0.500. The predicted molar refractivity (Wildman–Crippen MR) is 92.6 cm³/mol. The molecule has 0 radical (unpaired) electrons. The highest BCUT2D eigenvalue weighted by Gasteiger charge is 2.18. The van der Waals surface area contributed by atoms with E-state index in [1.165, 1.54) is 30.6 Å². The Kier molecular flexibility index (Phi) is 5.23. The molecule has 1 amide bonds. The van der Waals surface area contributed by atoms with E-state index in [-0.39, 0.29) is 5.91 Å². The van der Waals surface area contributed by atoms with Gasteiger partial charge in [-0.2, -0.15) is 11.3 Å². The number of hydrogen-bond donors (Lipinski definition) is 1. The summed E-state index contributed by atoms with van der Waals surface area (Å²) in [5, 5.41) is 8.01. The van der Waals surface area contributed by atoms with Gasteiger partial charge in [-0.25, -0.2) is 4.98 Å². The topological polar surface area (TPSA) is 45.2 Å². The zero-order valence-electron chi connectivity index (χ0n) is 12.7. The number of carbonyl (C=O) groups excluding carboxylic acids is 1. The van der Waals surface area contributed by atoms with Crippen LogP contribution in [-0.4, -0.2) is 41.5 Å².